The molecule has 25 heavy (non-hydrogen) atoms. The van der Waals surface area contributed by atoms with E-state index in [2.05, 4.69) is 0 Å². The first kappa shape index (κ1) is 16.0. The lowest BCUT2D eigenvalue weighted by molar-refractivity contribution is -0.158. The minimum Gasteiger partial charge on any atom is -0.463 e. The number of hydrogen-bond acceptors (Lipinski definition) is 5. The number of nitrogens with zero attached hydrogens (tertiary/aromatic N) is 1. The van der Waals surface area contributed by atoms with Crippen LogP contribution in [0.5, 0.6) is 0 Å². The van der Waals surface area contributed by atoms with E-state index in [9.17, 15) is 14.4 Å². The Labute approximate surface area is 145 Å². The SMILES string of the molecule is CC(=O)OC[C@](C)(c1ccccc1)N1C(=O)[C@@H]2C3C=CC(O3)[C@@H]2C1=O. The van der Waals surface area contributed by atoms with E-state index in [4.69, 9.17) is 9.47 Å². The first-order valence-electron chi connectivity index (χ1n) is 8.34. The van der Waals surface area contributed by atoms with E-state index in [1.54, 1.807) is 6.92 Å². The Hall–Kier alpha value is -2.47. The van der Waals surface area contributed by atoms with Crippen LogP contribution in [0.25, 0.3) is 0 Å². The Balaban J connectivity index is 1.74. The quantitative estimate of drug-likeness (QED) is 0.470. The number of amides is 2. The van der Waals surface area contributed by atoms with Crippen LogP contribution >= 0.6 is 0 Å². The summed E-state index contributed by atoms with van der Waals surface area (Å²) in [4.78, 5) is 38.9. The van der Waals surface area contributed by atoms with Gasteiger partial charge in [0.1, 0.15) is 12.1 Å². The van der Waals surface area contributed by atoms with Crippen molar-refractivity contribution in [2.75, 3.05) is 6.61 Å². The first-order valence-corrected chi connectivity index (χ1v) is 8.34. The molecule has 0 N–H and O–H groups in total. The van der Waals surface area contributed by atoms with Crippen LogP contribution in [0.4, 0.5) is 0 Å². The molecule has 0 spiro atoms. The Bertz CT molecular complexity index is 743. The van der Waals surface area contributed by atoms with Gasteiger partial charge in [-0.05, 0) is 12.5 Å². The van der Waals surface area contributed by atoms with Gasteiger partial charge in [-0.25, -0.2) is 0 Å². The second-order valence-electron chi connectivity index (χ2n) is 6.93. The molecule has 3 heterocycles. The summed E-state index contributed by atoms with van der Waals surface area (Å²) in [5.74, 6) is -1.94. The van der Waals surface area contributed by atoms with Crippen LogP contribution in [0.3, 0.4) is 0 Å². The molecular formula is C19H19NO5. The smallest absolute Gasteiger partial charge is 0.302 e. The molecule has 130 valence electrons. The Morgan fingerprint density at radius 1 is 1.12 bits per heavy atom. The second-order valence-corrected chi connectivity index (χ2v) is 6.93. The summed E-state index contributed by atoms with van der Waals surface area (Å²) < 4.78 is 10.9. The van der Waals surface area contributed by atoms with Gasteiger partial charge < -0.3 is 9.47 Å². The third kappa shape index (κ3) is 2.24. The van der Waals surface area contributed by atoms with Crippen molar-refractivity contribution in [2.45, 2.75) is 31.6 Å². The van der Waals surface area contributed by atoms with Gasteiger partial charge in [0.15, 0.2) is 0 Å². The number of rotatable bonds is 4. The highest BCUT2D eigenvalue weighted by atomic mass is 16.5. The lowest BCUT2D eigenvalue weighted by Gasteiger charge is -2.38. The normalized spacial score (nSPS) is 32.0. The van der Waals surface area contributed by atoms with Crippen LogP contribution in [-0.4, -0.2) is 41.5 Å². The predicted octanol–water partition coefficient (Wildman–Crippen LogP) is 1.40. The Kier molecular flexibility index (Phi) is 3.54. The van der Waals surface area contributed by atoms with Gasteiger partial charge in [-0.15, -0.1) is 0 Å². The molecule has 2 fully saturated rings. The molecule has 2 saturated heterocycles. The molecule has 5 atom stereocenters. The van der Waals surface area contributed by atoms with Crippen LogP contribution in [-0.2, 0) is 29.4 Å². The van der Waals surface area contributed by atoms with Gasteiger partial charge in [0, 0.05) is 6.92 Å². The first-order chi connectivity index (χ1) is 11.9. The molecule has 4 rings (SSSR count). The molecule has 6 nitrogen and oxygen atoms in total. The molecule has 0 aliphatic carbocycles. The molecule has 3 aliphatic rings. The van der Waals surface area contributed by atoms with Crippen LogP contribution in [0, 0.1) is 11.8 Å². The standard InChI is InChI=1S/C19H19NO5/c1-11(21)24-10-19(2,12-6-4-3-5-7-12)20-17(22)15-13-8-9-14(25-13)16(15)18(20)23/h3-9,13-16H,10H2,1-2H3/t13?,14?,15-,16+,19-/m1/s1. The van der Waals surface area contributed by atoms with Gasteiger partial charge in [-0.2, -0.15) is 0 Å². The van der Waals surface area contributed by atoms with Crippen molar-refractivity contribution < 1.29 is 23.9 Å². The number of hydrogen-bond donors (Lipinski definition) is 0. The lowest BCUT2D eigenvalue weighted by Crippen LogP contribution is -2.52. The third-order valence-corrected chi connectivity index (χ3v) is 5.36. The predicted molar refractivity (Wildman–Crippen MR) is 87.1 cm³/mol. The summed E-state index contributed by atoms with van der Waals surface area (Å²) in [5.41, 5.74) is -0.302. The van der Waals surface area contributed by atoms with Crippen LogP contribution in [0.2, 0.25) is 0 Å². The number of benzene rings is 1. The Morgan fingerprint density at radius 3 is 2.20 bits per heavy atom. The van der Waals surface area contributed by atoms with Gasteiger partial charge >= 0.3 is 5.97 Å². The fourth-order valence-electron chi connectivity index (χ4n) is 4.11. The van der Waals surface area contributed by atoms with Crippen LogP contribution in [0.1, 0.15) is 19.4 Å². The molecular weight excluding hydrogens is 322 g/mol. The topological polar surface area (TPSA) is 72.9 Å². The van der Waals surface area contributed by atoms with Crippen molar-refractivity contribution in [3.63, 3.8) is 0 Å². The maximum atomic E-state index is 13.1. The summed E-state index contributed by atoms with van der Waals surface area (Å²) in [5, 5.41) is 0. The minimum atomic E-state index is -1.05. The highest BCUT2D eigenvalue weighted by Crippen LogP contribution is 2.48. The third-order valence-electron chi connectivity index (χ3n) is 5.36. The fourth-order valence-corrected chi connectivity index (χ4v) is 4.11. The number of fused-ring (bicyclic) bond motifs is 5. The van der Waals surface area contributed by atoms with Gasteiger partial charge in [-0.1, -0.05) is 42.5 Å². The van der Waals surface area contributed by atoms with Crippen molar-refractivity contribution in [2.24, 2.45) is 11.8 Å². The fraction of sp³-hybridized carbons (Fsp3) is 0.421. The molecule has 1 aromatic carbocycles. The molecule has 2 bridgehead atoms. The van der Waals surface area contributed by atoms with Crippen LogP contribution in [0.15, 0.2) is 42.5 Å². The molecule has 1 aromatic rings. The monoisotopic (exact) mass is 341 g/mol. The van der Waals surface area contributed by atoms with Gasteiger partial charge in [0.25, 0.3) is 0 Å². The average molecular weight is 341 g/mol. The minimum absolute atomic E-state index is 0.0765. The summed E-state index contributed by atoms with van der Waals surface area (Å²) in [7, 11) is 0. The molecule has 0 radical (unpaired) electrons. The molecule has 2 unspecified atom stereocenters. The van der Waals surface area contributed by atoms with Crippen molar-refractivity contribution in [1.82, 2.24) is 4.90 Å². The van der Waals surface area contributed by atoms with Crippen molar-refractivity contribution in [1.29, 1.82) is 0 Å². The number of ether oxygens (including phenoxy) is 2. The lowest BCUT2D eigenvalue weighted by atomic mass is 9.85. The maximum Gasteiger partial charge on any atom is 0.302 e. The second kappa shape index (κ2) is 5.52. The van der Waals surface area contributed by atoms with E-state index >= 15 is 0 Å². The Morgan fingerprint density at radius 2 is 1.68 bits per heavy atom. The summed E-state index contributed by atoms with van der Waals surface area (Å²) >= 11 is 0. The molecule has 2 amide bonds. The number of carbonyl (C=O) groups excluding carboxylic acids is 3. The zero-order valence-corrected chi connectivity index (χ0v) is 14.0. The van der Waals surface area contributed by atoms with Gasteiger partial charge in [-0.3, -0.25) is 19.3 Å². The van der Waals surface area contributed by atoms with Crippen molar-refractivity contribution in [3.8, 4) is 0 Å². The highest BCUT2D eigenvalue weighted by molar-refractivity contribution is 6.07. The van der Waals surface area contributed by atoms with E-state index in [1.807, 2.05) is 42.5 Å². The number of likely N-dealkylation sites (tertiary alicyclic amines) is 1. The zero-order chi connectivity index (χ0) is 17.8. The van der Waals surface area contributed by atoms with E-state index < -0.39 is 23.3 Å². The van der Waals surface area contributed by atoms with Crippen LogP contribution < -0.4 is 0 Å². The summed E-state index contributed by atoms with van der Waals surface area (Å²) in [6.45, 7) is 3.00. The average Bonchev–Trinajstić information content (AvgIpc) is 3.28. The van der Waals surface area contributed by atoms with E-state index in [0.717, 1.165) is 5.56 Å². The molecule has 6 heteroatoms. The largest absolute Gasteiger partial charge is 0.463 e. The van der Waals surface area contributed by atoms with E-state index in [1.165, 1.54) is 11.8 Å². The number of imide groups is 1. The van der Waals surface area contributed by atoms with E-state index in [0.29, 0.717) is 0 Å². The zero-order valence-electron chi connectivity index (χ0n) is 14.0. The molecule has 3 aliphatic heterocycles. The van der Waals surface area contributed by atoms with Crippen molar-refractivity contribution in [3.05, 3.63) is 48.0 Å². The van der Waals surface area contributed by atoms with E-state index in [-0.39, 0.29) is 30.6 Å². The molecule has 0 saturated carbocycles. The summed E-state index contributed by atoms with van der Waals surface area (Å²) in [6.07, 6.45) is 3.02. The van der Waals surface area contributed by atoms with Crippen molar-refractivity contribution >= 4 is 17.8 Å². The molecule has 0 aromatic heterocycles. The number of esters is 1. The summed E-state index contributed by atoms with van der Waals surface area (Å²) in [6, 6.07) is 9.20. The highest BCUT2D eigenvalue weighted by Gasteiger charge is 2.64. The maximum absolute atomic E-state index is 13.1. The van der Waals surface area contributed by atoms with Gasteiger partial charge in [0.2, 0.25) is 11.8 Å². The van der Waals surface area contributed by atoms with Gasteiger partial charge in [0.05, 0.1) is 24.0 Å². The number of carbonyl (C=O) groups is 3.